The summed E-state index contributed by atoms with van der Waals surface area (Å²) >= 11 is 16.7. The number of hydrogen-bond acceptors (Lipinski definition) is 6. The molecule has 0 saturated carbocycles. The van der Waals surface area contributed by atoms with Crippen molar-refractivity contribution >= 4 is 41.7 Å². The highest BCUT2D eigenvalue weighted by molar-refractivity contribution is 7.80. The summed E-state index contributed by atoms with van der Waals surface area (Å²) in [6, 6.07) is 5.22. The molecule has 21 heavy (non-hydrogen) atoms. The van der Waals surface area contributed by atoms with E-state index in [1.807, 2.05) is 11.9 Å². The van der Waals surface area contributed by atoms with Crippen molar-refractivity contribution in [2.45, 2.75) is 11.9 Å². The van der Waals surface area contributed by atoms with Gasteiger partial charge in [-0.15, -0.1) is 23.3 Å². The van der Waals surface area contributed by atoms with Gasteiger partial charge in [0.1, 0.15) is 5.03 Å². The van der Waals surface area contributed by atoms with Crippen LogP contribution in [-0.2, 0) is 0 Å². The lowest BCUT2D eigenvalue weighted by Crippen LogP contribution is -2.40. The smallest absolute Gasteiger partial charge is 0.177 e. The molecule has 1 aliphatic heterocycles. The second-order valence-electron chi connectivity index (χ2n) is 4.29. The highest BCUT2D eigenvalue weighted by Crippen LogP contribution is 2.28. The molecule has 0 spiro atoms. The number of nitrogens with zero attached hydrogens (tertiary/aromatic N) is 4. The maximum Gasteiger partial charge on any atom is 0.177 e. The van der Waals surface area contributed by atoms with Gasteiger partial charge in [-0.25, -0.2) is 10.2 Å². The molecule has 0 fully saturated rings. The fraction of sp³-hybridized carbons (Fsp3) is 0.167. The van der Waals surface area contributed by atoms with Gasteiger partial charge in [0.2, 0.25) is 0 Å². The zero-order valence-corrected chi connectivity index (χ0v) is 13.4. The zero-order valence-electron chi connectivity index (χ0n) is 11.0. The molecule has 2 N–H and O–H groups in total. The van der Waals surface area contributed by atoms with E-state index in [1.165, 1.54) is 0 Å². The number of rotatable bonds is 3. The summed E-state index contributed by atoms with van der Waals surface area (Å²) in [6.45, 7) is 2.75. The summed E-state index contributed by atoms with van der Waals surface area (Å²) in [5.41, 5.74) is 7.13. The molecule has 6 nitrogen and oxygen atoms in total. The highest BCUT2D eigenvalue weighted by Gasteiger charge is 2.23. The number of halogens is 2. The van der Waals surface area contributed by atoms with Crippen molar-refractivity contribution in [2.75, 3.05) is 6.54 Å². The van der Waals surface area contributed by atoms with Crippen LogP contribution in [0, 0.1) is 0 Å². The molecule has 3 rings (SSSR count). The average Bonchev–Trinajstić information content (AvgIpc) is 3.05. The molecule has 1 aromatic heterocycles. The van der Waals surface area contributed by atoms with Crippen LogP contribution in [0.4, 0.5) is 0 Å². The van der Waals surface area contributed by atoms with Crippen molar-refractivity contribution in [3.05, 3.63) is 40.0 Å². The lowest BCUT2D eigenvalue weighted by Gasteiger charge is -2.15. The molecule has 0 unspecified atom stereocenters. The normalized spacial score (nSPS) is 14.3. The predicted molar refractivity (Wildman–Crippen MR) is 86.0 cm³/mol. The summed E-state index contributed by atoms with van der Waals surface area (Å²) < 4.78 is 1.64. The minimum absolute atomic E-state index is 0.504. The summed E-state index contributed by atoms with van der Waals surface area (Å²) in [6.07, 6.45) is 1.70. The Hall–Kier alpha value is -1.41. The molecule has 0 atom stereocenters. The van der Waals surface area contributed by atoms with E-state index in [0.717, 1.165) is 17.9 Å². The SMILES string of the molecule is CCN1NNN=C1c1cnn(-c2ccc(Cl)cc2Cl)c1S. The Kier molecular flexibility index (Phi) is 3.99. The largest absolute Gasteiger partial charge is 0.271 e. The van der Waals surface area contributed by atoms with Crippen molar-refractivity contribution in [3.63, 3.8) is 0 Å². The lowest BCUT2D eigenvalue weighted by molar-refractivity contribution is 0.308. The summed E-state index contributed by atoms with van der Waals surface area (Å²) in [5.74, 6) is 0.721. The molecular formula is C12H12Cl2N6S. The molecule has 9 heteroatoms. The van der Waals surface area contributed by atoms with Crippen LogP contribution in [0.3, 0.4) is 0 Å². The van der Waals surface area contributed by atoms with Gasteiger partial charge in [0, 0.05) is 11.6 Å². The maximum absolute atomic E-state index is 6.22. The van der Waals surface area contributed by atoms with Gasteiger partial charge in [0.05, 0.1) is 22.5 Å². The first-order valence-electron chi connectivity index (χ1n) is 6.20. The molecular weight excluding hydrogens is 331 g/mol. The second kappa shape index (κ2) is 5.76. The number of hydrazone groups is 1. The average molecular weight is 343 g/mol. The number of hydrogen-bond donors (Lipinski definition) is 3. The molecule has 0 amide bonds. The molecule has 110 valence electrons. The number of aromatic nitrogens is 2. The molecule has 1 aliphatic rings. The van der Waals surface area contributed by atoms with Gasteiger partial charge in [-0.3, -0.25) is 5.01 Å². The number of thiol groups is 1. The van der Waals surface area contributed by atoms with Gasteiger partial charge in [-0.05, 0) is 25.1 Å². The highest BCUT2D eigenvalue weighted by atomic mass is 35.5. The van der Waals surface area contributed by atoms with Crippen molar-refractivity contribution in [3.8, 4) is 5.69 Å². The van der Waals surface area contributed by atoms with Gasteiger partial charge >= 0.3 is 0 Å². The minimum Gasteiger partial charge on any atom is -0.271 e. The fourth-order valence-corrected chi connectivity index (χ4v) is 2.82. The van der Waals surface area contributed by atoms with Gasteiger partial charge < -0.3 is 0 Å². The quantitative estimate of drug-likeness (QED) is 0.750. The van der Waals surface area contributed by atoms with Crippen LogP contribution in [0.2, 0.25) is 10.0 Å². The molecule has 0 bridgehead atoms. The van der Waals surface area contributed by atoms with E-state index in [2.05, 4.69) is 33.9 Å². The van der Waals surface area contributed by atoms with E-state index in [-0.39, 0.29) is 0 Å². The molecule has 1 aromatic carbocycles. The Morgan fingerprint density at radius 2 is 2.14 bits per heavy atom. The first-order chi connectivity index (χ1) is 10.1. The third kappa shape index (κ3) is 2.57. The molecule has 2 heterocycles. The Labute approximate surface area is 137 Å². The Balaban J connectivity index is 2.03. The molecule has 2 aromatic rings. The topological polar surface area (TPSA) is 57.5 Å². The van der Waals surface area contributed by atoms with Gasteiger partial charge in [-0.2, -0.15) is 5.10 Å². The van der Waals surface area contributed by atoms with Gasteiger partial charge in [0.15, 0.2) is 5.84 Å². The van der Waals surface area contributed by atoms with Gasteiger partial charge in [-0.1, -0.05) is 23.2 Å². The molecule has 0 saturated heterocycles. The monoisotopic (exact) mass is 342 g/mol. The van der Waals surface area contributed by atoms with E-state index in [9.17, 15) is 0 Å². The zero-order chi connectivity index (χ0) is 15.0. The Bertz CT molecular complexity index is 714. The van der Waals surface area contributed by atoms with E-state index in [1.54, 1.807) is 29.1 Å². The van der Waals surface area contributed by atoms with E-state index in [0.29, 0.717) is 20.8 Å². The van der Waals surface area contributed by atoms with E-state index < -0.39 is 0 Å². The fourth-order valence-electron chi connectivity index (χ4n) is 2.02. The number of nitrogens with one attached hydrogen (secondary N) is 2. The van der Waals surface area contributed by atoms with Crippen LogP contribution in [0.5, 0.6) is 0 Å². The molecule has 0 radical (unpaired) electrons. The number of benzene rings is 1. The first-order valence-corrected chi connectivity index (χ1v) is 7.40. The van der Waals surface area contributed by atoms with Crippen LogP contribution >= 0.6 is 35.8 Å². The maximum atomic E-state index is 6.22. The third-order valence-electron chi connectivity index (χ3n) is 3.04. The van der Waals surface area contributed by atoms with Crippen LogP contribution in [0.25, 0.3) is 5.69 Å². The Morgan fingerprint density at radius 1 is 1.33 bits per heavy atom. The minimum atomic E-state index is 0.504. The third-order valence-corrected chi connectivity index (χ3v) is 4.01. The van der Waals surface area contributed by atoms with Crippen LogP contribution in [-0.4, -0.2) is 27.2 Å². The van der Waals surface area contributed by atoms with Crippen molar-refractivity contribution < 1.29 is 0 Å². The van der Waals surface area contributed by atoms with E-state index in [4.69, 9.17) is 23.2 Å². The second-order valence-corrected chi connectivity index (χ2v) is 5.56. The summed E-state index contributed by atoms with van der Waals surface area (Å²) in [7, 11) is 0. The van der Waals surface area contributed by atoms with Crippen LogP contribution in [0.1, 0.15) is 12.5 Å². The summed E-state index contributed by atoms with van der Waals surface area (Å²) in [4.78, 5) is 0. The Morgan fingerprint density at radius 3 is 2.86 bits per heavy atom. The molecule has 0 aliphatic carbocycles. The number of hydrazine groups is 2. The number of amidine groups is 1. The van der Waals surface area contributed by atoms with Crippen LogP contribution < -0.4 is 11.1 Å². The predicted octanol–water partition coefficient (Wildman–Crippen LogP) is 2.47. The van der Waals surface area contributed by atoms with Crippen LogP contribution in [0.15, 0.2) is 34.5 Å². The standard InChI is InChI=1S/C12H12Cl2N6S/c1-2-19-11(16-17-18-19)8-6-15-20(12(8)21)10-4-3-7(13)5-9(10)14/h3-6,17-18,21H,2H2,1H3. The van der Waals surface area contributed by atoms with E-state index >= 15 is 0 Å². The first kappa shape index (κ1) is 14.5. The van der Waals surface area contributed by atoms with Crippen molar-refractivity contribution in [1.82, 2.24) is 25.9 Å². The van der Waals surface area contributed by atoms with Gasteiger partial charge in [0.25, 0.3) is 0 Å². The summed E-state index contributed by atoms with van der Waals surface area (Å²) in [5, 5.41) is 12.1. The van der Waals surface area contributed by atoms with Crippen molar-refractivity contribution in [2.24, 2.45) is 5.10 Å². The lowest BCUT2D eigenvalue weighted by atomic mass is 10.3. The van der Waals surface area contributed by atoms with Crippen molar-refractivity contribution in [1.29, 1.82) is 0 Å².